The van der Waals surface area contributed by atoms with Crippen molar-refractivity contribution < 1.29 is 9.18 Å². The summed E-state index contributed by atoms with van der Waals surface area (Å²) in [5.41, 5.74) is 3.70. The summed E-state index contributed by atoms with van der Waals surface area (Å²) in [6.07, 6.45) is 6.69. The number of hydrogen-bond donors (Lipinski definition) is 0. The summed E-state index contributed by atoms with van der Waals surface area (Å²) in [5.74, 6) is -0.387. The van der Waals surface area contributed by atoms with Crippen molar-refractivity contribution in [2.75, 3.05) is 31.1 Å². The third kappa shape index (κ3) is 3.89. The predicted molar refractivity (Wildman–Crippen MR) is 118 cm³/mol. The zero-order chi connectivity index (χ0) is 22.1. The van der Waals surface area contributed by atoms with E-state index in [1.807, 2.05) is 36.2 Å². The number of benzene rings is 1. The number of amides is 1. The maximum absolute atomic E-state index is 14.4. The van der Waals surface area contributed by atoms with Gasteiger partial charge in [0.15, 0.2) is 5.65 Å². The molecule has 8 nitrogen and oxygen atoms in total. The molecule has 0 saturated carbocycles. The lowest BCUT2D eigenvalue weighted by atomic mass is 10.1. The molecule has 32 heavy (non-hydrogen) atoms. The van der Waals surface area contributed by atoms with Crippen LogP contribution in [0.4, 0.5) is 10.1 Å². The van der Waals surface area contributed by atoms with Crippen LogP contribution in [-0.2, 0) is 11.3 Å². The summed E-state index contributed by atoms with van der Waals surface area (Å²) in [5, 5.41) is 4.30. The van der Waals surface area contributed by atoms with Gasteiger partial charge in [0, 0.05) is 37.9 Å². The van der Waals surface area contributed by atoms with E-state index in [2.05, 4.69) is 25.0 Å². The van der Waals surface area contributed by atoms with Gasteiger partial charge < -0.3 is 9.80 Å². The van der Waals surface area contributed by atoms with Gasteiger partial charge >= 0.3 is 0 Å². The Kier molecular flexibility index (Phi) is 5.22. The van der Waals surface area contributed by atoms with Crippen LogP contribution in [0.1, 0.15) is 5.56 Å². The van der Waals surface area contributed by atoms with E-state index in [9.17, 15) is 9.18 Å². The number of pyridine rings is 1. The molecule has 4 aromatic rings. The number of aryl methyl sites for hydroxylation is 1. The first-order chi connectivity index (χ1) is 15.6. The summed E-state index contributed by atoms with van der Waals surface area (Å²) < 4.78 is 15.9. The van der Waals surface area contributed by atoms with Crippen LogP contribution in [0.2, 0.25) is 0 Å². The lowest BCUT2D eigenvalue weighted by Gasteiger charge is -2.35. The number of halogens is 1. The van der Waals surface area contributed by atoms with Gasteiger partial charge in [-0.3, -0.25) is 9.78 Å². The molecule has 1 fully saturated rings. The number of piperazine rings is 1. The number of anilines is 1. The highest BCUT2D eigenvalue weighted by Gasteiger charge is 2.23. The van der Waals surface area contributed by atoms with Crippen molar-refractivity contribution in [2.24, 2.45) is 0 Å². The highest BCUT2D eigenvalue weighted by atomic mass is 19.1. The highest BCUT2D eigenvalue weighted by Crippen LogP contribution is 2.23. The van der Waals surface area contributed by atoms with Crippen molar-refractivity contribution in [3.05, 3.63) is 66.5 Å². The number of fused-ring (bicyclic) bond motifs is 1. The second kappa shape index (κ2) is 8.33. The molecule has 162 valence electrons. The first-order valence-electron chi connectivity index (χ1n) is 10.5. The molecule has 0 aliphatic carbocycles. The molecule has 0 N–H and O–H groups in total. The van der Waals surface area contributed by atoms with Crippen LogP contribution >= 0.6 is 0 Å². The third-order valence-electron chi connectivity index (χ3n) is 5.67. The molecule has 0 radical (unpaired) electrons. The molecule has 1 aliphatic heterocycles. The summed E-state index contributed by atoms with van der Waals surface area (Å²) in [4.78, 5) is 30.0. The largest absolute Gasteiger partial charge is 0.367 e. The molecule has 1 amide bonds. The van der Waals surface area contributed by atoms with E-state index in [-0.39, 0.29) is 18.3 Å². The maximum atomic E-state index is 14.4. The van der Waals surface area contributed by atoms with Crippen LogP contribution in [0.15, 0.2) is 55.1 Å². The summed E-state index contributed by atoms with van der Waals surface area (Å²) in [6, 6.07) is 8.92. The Labute approximate surface area is 184 Å². The Balaban J connectivity index is 1.31. The normalized spacial score (nSPS) is 14.2. The zero-order valence-electron chi connectivity index (χ0n) is 17.6. The van der Waals surface area contributed by atoms with Gasteiger partial charge in [0.1, 0.15) is 17.9 Å². The van der Waals surface area contributed by atoms with Crippen molar-refractivity contribution in [1.82, 2.24) is 29.6 Å². The number of aromatic nitrogens is 5. The van der Waals surface area contributed by atoms with Gasteiger partial charge in [0.25, 0.3) is 0 Å². The Morgan fingerprint density at radius 3 is 2.69 bits per heavy atom. The molecule has 0 bridgehead atoms. The van der Waals surface area contributed by atoms with Crippen LogP contribution in [0.3, 0.4) is 0 Å². The van der Waals surface area contributed by atoms with Gasteiger partial charge in [0.05, 0.1) is 30.0 Å². The van der Waals surface area contributed by atoms with Gasteiger partial charge in [-0.05, 0) is 36.8 Å². The van der Waals surface area contributed by atoms with Gasteiger partial charge in [-0.2, -0.15) is 5.10 Å². The molecule has 0 unspecified atom stereocenters. The lowest BCUT2D eigenvalue weighted by Crippen LogP contribution is -2.49. The molecular formula is C23H22FN7O. The smallest absolute Gasteiger partial charge is 0.244 e. The molecular weight excluding hydrogens is 409 g/mol. The second-order valence-corrected chi connectivity index (χ2v) is 7.83. The number of carbonyl (C=O) groups is 1. The Hall–Kier alpha value is -3.88. The average molecular weight is 431 g/mol. The minimum atomic E-state index is -0.354. The van der Waals surface area contributed by atoms with Crippen LogP contribution in [0, 0.1) is 12.7 Å². The average Bonchev–Trinajstić information content (AvgIpc) is 3.21. The van der Waals surface area contributed by atoms with Crippen molar-refractivity contribution in [3.8, 4) is 11.3 Å². The predicted octanol–water partition coefficient (Wildman–Crippen LogP) is 2.68. The standard InChI is InChI=1S/C23H22FN7O/c1-16-4-5-18(19(24)11-16)20-13-26-21-14-27-31(23(21)28-20)15-22(32)30-9-7-29(8-10-30)17-3-2-6-25-12-17/h2-6,11-14H,7-10,15H2,1H3. The molecule has 3 aromatic heterocycles. The SMILES string of the molecule is Cc1ccc(-c2cnc3cnn(CC(=O)N4CCN(c5cccnc5)CC4)c3n2)c(F)c1. The summed E-state index contributed by atoms with van der Waals surface area (Å²) in [7, 11) is 0. The van der Waals surface area contributed by atoms with Crippen LogP contribution in [0.25, 0.3) is 22.4 Å². The molecule has 1 saturated heterocycles. The van der Waals surface area contributed by atoms with Crippen LogP contribution < -0.4 is 4.90 Å². The Morgan fingerprint density at radius 1 is 1.09 bits per heavy atom. The topological polar surface area (TPSA) is 80.0 Å². The molecule has 5 rings (SSSR count). The first-order valence-corrected chi connectivity index (χ1v) is 10.5. The van der Waals surface area contributed by atoms with E-state index in [1.165, 1.54) is 16.9 Å². The minimum Gasteiger partial charge on any atom is -0.367 e. The molecule has 4 heterocycles. The van der Waals surface area contributed by atoms with Crippen molar-refractivity contribution in [1.29, 1.82) is 0 Å². The highest BCUT2D eigenvalue weighted by molar-refractivity contribution is 5.79. The zero-order valence-corrected chi connectivity index (χ0v) is 17.6. The number of carbonyl (C=O) groups excluding carboxylic acids is 1. The quantitative estimate of drug-likeness (QED) is 0.494. The van der Waals surface area contributed by atoms with E-state index in [4.69, 9.17) is 0 Å². The Morgan fingerprint density at radius 2 is 1.94 bits per heavy atom. The van der Waals surface area contributed by atoms with Crippen LogP contribution in [0.5, 0.6) is 0 Å². The Bertz CT molecular complexity index is 1270. The number of nitrogens with zero attached hydrogens (tertiary/aromatic N) is 7. The molecule has 0 atom stereocenters. The fraction of sp³-hybridized carbons (Fsp3) is 0.261. The fourth-order valence-electron chi connectivity index (χ4n) is 3.91. The molecule has 9 heteroatoms. The van der Waals surface area contributed by atoms with E-state index in [1.54, 1.807) is 18.5 Å². The number of hydrogen-bond acceptors (Lipinski definition) is 6. The fourth-order valence-corrected chi connectivity index (χ4v) is 3.91. The number of rotatable bonds is 4. The van der Waals surface area contributed by atoms with E-state index < -0.39 is 0 Å². The van der Waals surface area contributed by atoms with Gasteiger partial charge in [-0.15, -0.1) is 0 Å². The van der Waals surface area contributed by atoms with E-state index in [0.29, 0.717) is 35.5 Å². The molecule has 1 aliphatic rings. The molecule has 0 spiro atoms. The molecule has 1 aromatic carbocycles. The van der Waals surface area contributed by atoms with Crippen LogP contribution in [-0.4, -0.2) is 61.7 Å². The van der Waals surface area contributed by atoms with Gasteiger partial charge in [-0.1, -0.05) is 6.07 Å². The van der Waals surface area contributed by atoms with E-state index >= 15 is 0 Å². The summed E-state index contributed by atoms with van der Waals surface area (Å²) >= 11 is 0. The van der Waals surface area contributed by atoms with Gasteiger partial charge in [0.2, 0.25) is 5.91 Å². The van der Waals surface area contributed by atoms with Gasteiger partial charge in [-0.25, -0.2) is 19.0 Å². The van der Waals surface area contributed by atoms with E-state index in [0.717, 1.165) is 24.3 Å². The second-order valence-electron chi connectivity index (χ2n) is 7.83. The van der Waals surface area contributed by atoms with Crippen molar-refractivity contribution >= 4 is 22.8 Å². The maximum Gasteiger partial charge on any atom is 0.244 e. The monoisotopic (exact) mass is 431 g/mol. The van der Waals surface area contributed by atoms with Crippen molar-refractivity contribution in [2.45, 2.75) is 13.5 Å². The minimum absolute atomic E-state index is 0.0328. The third-order valence-corrected chi connectivity index (χ3v) is 5.67. The van der Waals surface area contributed by atoms with Crippen molar-refractivity contribution in [3.63, 3.8) is 0 Å². The first kappa shape index (κ1) is 20.0. The summed E-state index contributed by atoms with van der Waals surface area (Å²) in [6.45, 7) is 4.63. The lowest BCUT2D eigenvalue weighted by molar-refractivity contribution is -0.132.